The molecule has 3 aromatic rings. The number of methoxy groups -OCH3 is 1. The van der Waals surface area contributed by atoms with Crippen LogP contribution in [0.15, 0.2) is 87.6 Å². The summed E-state index contributed by atoms with van der Waals surface area (Å²) in [4.78, 5) is 17.3. The minimum absolute atomic E-state index is 0.0713. The van der Waals surface area contributed by atoms with Gasteiger partial charge in [-0.3, -0.25) is 4.79 Å². The van der Waals surface area contributed by atoms with Gasteiger partial charge >= 0.3 is 10.1 Å². The van der Waals surface area contributed by atoms with Crippen LogP contribution in [-0.4, -0.2) is 26.6 Å². The Bertz CT molecular complexity index is 1350. The fourth-order valence-corrected chi connectivity index (χ4v) is 4.71. The number of aryl methyl sites for hydroxylation is 1. The molecule has 1 heterocycles. The van der Waals surface area contributed by atoms with Gasteiger partial charge in [0.1, 0.15) is 16.4 Å². The van der Waals surface area contributed by atoms with E-state index in [1.165, 1.54) is 23.9 Å². The molecule has 168 valence electrons. The monoisotopic (exact) mass is 480 g/mol. The lowest BCUT2D eigenvalue weighted by Crippen LogP contribution is -2.19. The third kappa shape index (κ3) is 5.63. The summed E-state index contributed by atoms with van der Waals surface area (Å²) in [7, 11) is -2.38. The van der Waals surface area contributed by atoms with E-state index < -0.39 is 10.1 Å². The maximum Gasteiger partial charge on any atom is 0.339 e. The summed E-state index contributed by atoms with van der Waals surface area (Å²) < 4.78 is 35.5. The molecule has 3 aromatic carbocycles. The van der Waals surface area contributed by atoms with Crippen LogP contribution in [-0.2, 0) is 14.9 Å². The molecular formula is C24H20N2O5S2. The van der Waals surface area contributed by atoms with E-state index in [0.717, 1.165) is 5.56 Å². The summed E-state index contributed by atoms with van der Waals surface area (Å²) >= 11 is 1.20. The number of amides is 1. The van der Waals surface area contributed by atoms with Crippen LogP contribution in [0, 0.1) is 6.92 Å². The highest BCUT2D eigenvalue weighted by Gasteiger charge is 2.24. The Morgan fingerprint density at radius 3 is 2.39 bits per heavy atom. The van der Waals surface area contributed by atoms with Crippen LogP contribution in [0.3, 0.4) is 0 Å². The van der Waals surface area contributed by atoms with Crippen molar-refractivity contribution in [2.75, 3.05) is 7.11 Å². The zero-order valence-electron chi connectivity index (χ0n) is 17.8. The summed E-state index contributed by atoms with van der Waals surface area (Å²) in [5, 5.41) is 3.18. The number of amidine groups is 1. The van der Waals surface area contributed by atoms with Crippen molar-refractivity contribution in [1.29, 1.82) is 0 Å². The molecule has 1 amide bonds. The first-order valence-corrected chi connectivity index (χ1v) is 12.1. The van der Waals surface area contributed by atoms with E-state index in [1.54, 1.807) is 73.8 Å². The number of nitrogens with zero attached hydrogens (tertiary/aromatic N) is 1. The number of rotatable bonds is 6. The van der Waals surface area contributed by atoms with Gasteiger partial charge < -0.3 is 14.2 Å². The van der Waals surface area contributed by atoms with Gasteiger partial charge in [-0.1, -0.05) is 29.8 Å². The standard InChI is InChI=1S/C24H20N2O5S2/c1-16-6-12-21(13-7-16)33(28,29)31-20-5-3-4-17(14-20)15-22-23(27)26-24(32-22)25-18-8-10-19(30-2)11-9-18/h3-15H,1-2H3,(H,25,26,27)/b22-15-. The molecular weight excluding hydrogens is 460 g/mol. The lowest BCUT2D eigenvalue weighted by molar-refractivity contribution is -0.115. The lowest BCUT2D eigenvalue weighted by Gasteiger charge is -2.08. The molecule has 0 spiro atoms. The Kier molecular flexibility index (Phi) is 6.52. The third-order valence-electron chi connectivity index (χ3n) is 4.63. The molecule has 0 unspecified atom stereocenters. The van der Waals surface area contributed by atoms with Crippen LogP contribution in [0.4, 0.5) is 5.69 Å². The summed E-state index contributed by atoms with van der Waals surface area (Å²) in [6, 6.07) is 20.1. The Labute approximate surface area is 196 Å². The molecule has 33 heavy (non-hydrogen) atoms. The van der Waals surface area contributed by atoms with Crippen LogP contribution in [0.1, 0.15) is 11.1 Å². The van der Waals surface area contributed by atoms with Crippen molar-refractivity contribution < 1.29 is 22.1 Å². The van der Waals surface area contributed by atoms with E-state index in [4.69, 9.17) is 8.92 Å². The second-order valence-corrected chi connectivity index (χ2v) is 9.68. The maximum atomic E-state index is 12.5. The Balaban J connectivity index is 1.51. The Morgan fingerprint density at radius 1 is 0.970 bits per heavy atom. The fraction of sp³-hybridized carbons (Fsp3) is 0.0833. The van der Waals surface area contributed by atoms with Gasteiger partial charge in [-0.15, -0.1) is 0 Å². The highest BCUT2D eigenvalue weighted by Crippen LogP contribution is 2.29. The zero-order valence-corrected chi connectivity index (χ0v) is 19.4. The number of carbonyl (C=O) groups is 1. The molecule has 0 bridgehead atoms. The molecule has 0 saturated carbocycles. The van der Waals surface area contributed by atoms with Gasteiger partial charge in [-0.2, -0.15) is 8.42 Å². The van der Waals surface area contributed by atoms with E-state index in [1.807, 2.05) is 6.92 Å². The molecule has 0 aliphatic carbocycles. The first-order valence-electron chi connectivity index (χ1n) is 9.87. The normalized spacial score (nSPS) is 16.1. The number of carbonyl (C=O) groups excluding carboxylic acids is 1. The Morgan fingerprint density at radius 2 is 1.70 bits per heavy atom. The number of aliphatic imine (C=N–C) groups is 1. The predicted molar refractivity (Wildman–Crippen MR) is 129 cm³/mol. The summed E-state index contributed by atoms with van der Waals surface area (Å²) in [6.45, 7) is 1.87. The molecule has 7 nitrogen and oxygen atoms in total. The number of thioether (sulfide) groups is 1. The van der Waals surface area contributed by atoms with Crippen molar-refractivity contribution in [3.05, 3.63) is 88.8 Å². The van der Waals surface area contributed by atoms with Gasteiger partial charge in [0, 0.05) is 0 Å². The van der Waals surface area contributed by atoms with Crippen LogP contribution in [0.2, 0.25) is 0 Å². The van der Waals surface area contributed by atoms with Crippen LogP contribution >= 0.6 is 11.8 Å². The second-order valence-electron chi connectivity index (χ2n) is 7.10. The van der Waals surface area contributed by atoms with E-state index >= 15 is 0 Å². The number of hydrogen-bond donors (Lipinski definition) is 1. The van der Waals surface area contributed by atoms with Crippen LogP contribution in [0.25, 0.3) is 6.08 Å². The average molecular weight is 481 g/mol. The molecule has 9 heteroatoms. The van der Waals surface area contributed by atoms with Gasteiger partial charge in [-0.05, 0) is 78.9 Å². The smallest absolute Gasteiger partial charge is 0.339 e. The number of benzene rings is 3. The summed E-state index contributed by atoms with van der Waals surface area (Å²) in [5.74, 6) is 0.584. The molecule has 0 aromatic heterocycles. The van der Waals surface area contributed by atoms with Crippen molar-refractivity contribution >= 4 is 44.7 Å². The van der Waals surface area contributed by atoms with Crippen molar-refractivity contribution in [3.63, 3.8) is 0 Å². The van der Waals surface area contributed by atoms with E-state index in [0.29, 0.717) is 27.1 Å². The second kappa shape index (κ2) is 9.51. The van der Waals surface area contributed by atoms with Gasteiger partial charge in [0.25, 0.3) is 5.91 Å². The molecule has 0 atom stereocenters. The van der Waals surface area contributed by atoms with E-state index in [2.05, 4.69) is 10.3 Å². The minimum Gasteiger partial charge on any atom is -0.497 e. The van der Waals surface area contributed by atoms with E-state index in [-0.39, 0.29) is 16.6 Å². The van der Waals surface area contributed by atoms with Crippen molar-refractivity contribution in [3.8, 4) is 11.5 Å². The third-order valence-corrected chi connectivity index (χ3v) is 6.80. The molecule has 4 rings (SSSR count). The number of hydrogen-bond acceptors (Lipinski definition) is 7. The summed E-state index contributed by atoms with van der Waals surface area (Å²) in [5.41, 5.74) is 2.25. The molecule has 1 saturated heterocycles. The van der Waals surface area contributed by atoms with Gasteiger partial charge in [0.15, 0.2) is 5.17 Å². The highest BCUT2D eigenvalue weighted by atomic mass is 32.2. The first-order chi connectivity index (χ1) is 15.8. The predicted octanol–water partition coefficient (Wildman–Crippen LogP) is 4.66. The molecule has 1 aliphatic heterocycles. The number of ether oxygens (including phenoxy) is 1. The average Bonchev–Trinajstić information content (AvgIpc) is 3.13. The van der Waals surface area contributed by atoms with Gasteiger partial charge in [-0.25, -0.2) is 4.99 Å². The maximum absolute atomic E-state index is 12.5. The molecule has 0 radical (unpaired) electrons. The van der Waals surface area contributed by atoms with Crippen LogP contribution in [0.5, 0.6) is 11.5 Å². The fourth-order valence-electron chi connectivity index (χ4n) is 2.94. The van der Waals surface area contributed by atoms with Crippen molar-refractivity contribution in [2.45, 2.75) is 11.8 Å². The van der Waals surface area contributed by atoms with Crippen LogP contribution < -0.4 is 14.2 Å². The SMILES string of the molecule is COc1ccc(N=C2NC(=O)/C(=C/c3cccc(OS(=O)(=O)c4ccc(C)cc4)c3)S2)cc1. The topological polar surface area (TPSA) is 94.1 Å². The number of nitrogens with one attached hydrogen (secondary N) is 1. The van der Waals surface area contributed by atoms with Gasteiger partial charge in [0.2, 0.25) is 0 Å². The van der Waals surface area contributed by atoms with Gasteiger partial charge in [0.05, 0.1) is 17.7 Å². The van der Waals surface area contributed by atoms with E-state index in [9.17, 15) is 13.2 Å². The quantitative estimate of drug-likeness (QED) is 0.407. The largest absolute Gasteiger partial charge is 0.497 e. The molecule has 1 aliphatic rings. The molecule has 1 N–H and O–H groups in total. The zero-order chi connectivity index (χ0) is 23.4. The lowest BCUT2D eigenvalue weighted by atomic mass is 10.2. The van der Waals surface area contributed by atoms with Crippen molar-refractivity contribution in [1.82, 2.24) is 5.32 Å². The highest BCUT2D eigenvalue weighted by molar-refractivity contribution is 8.18. The first kappa shape index (κ1) is 22.6. The minimum atomic E-state index is -3.97. The Hall–Kier alpha value is -3.56. The molecule has 1 fully saturated rings. The summed E-state index contributed by atoms with van der Waals surface area (Å²) in [6.07, 6.45) is 1.65. The van der Waals surface area contributed by atoms with Crippen molar-refractivity contribution in [2.24, 2.45) is 4.99 Å².